The number of rotatable bonds is 8. The van der Waals surface area contributed by atoms with Crippen molar-refractivity contribution in [3.8, 4) is 0 Å². The van der Waals surface area contributed by atoms with Gasteiger partial charge in [-0.15, -0.1) is 11.6 Å². The number of aryl methyl sites for hydroxylation is 1. The summed E-state index contributed by atoms with van der Waals surface area (Å²) in [7, 11) is -3.22. The second-order valence-corrected chi connectivity index (χ2v) is 7.52. The van der Waals surface area contributed by atoms with Gasteiger partial charge in [-0.3, -0.25) is 0 Å². The van der Waals surface area contributed by atoms with E-state index in [1.807, 2.05) is 25.3 Å². The van der Waals surface area contributed by atoms with Crippen LogP contribution in [0.5, 0.6) is 0 Å². The van der Waals surface area contributed by atoms with Crippen molar-refractivity contribution in [3.05, 3.63) is 36.5 Å². The lowest BCUT2D eigenvalue weighted by Crippen LogP contribution is -2.30. The van der Waals surface area contributed by atoms with E-state index in [-0.39, 0.29) is 11.7 Å². The Labute approximate surface area is 131 Å². The van der Waals surface area contributed by atoms with Crippen LogP contribution in [0.25, 0.3) is 10.9 Å². The monoisotopic (exact) mass is 328 g/mol. The molecule has 0 saturated heterocycles. The van der Waals surface area contributed by atoms with Crippen LogP contribution < -0.4 is 4.72 Å². The third-order valence-corrected chi connectivity index (χ3v) is 5.52. The van der Waals surface area contributed by atoms with Crippen LogP contribution in [-0.2, 0) is 16.6 Å². The molecular weight excluding hydrogens is 308 g/mol. The maximum atomic E-state index is 11.8. The largest absolute Gasteiger partial charge is 0.347 e. The number of alkyl halides is 1. The minimum Gasteiger partial charge on any atom is -0.347 e. The van der Waals surface area contributed by atoms with Crippen LogP contribution in [0.2, 0.25) is 0 Å². The lowest BCUT2D eigenvalue weighted by atomic mass is 10.2. The van der Waals surface area contributed by atoms with Crippen molar-refractivity contribution in [1.29, 1.82) is 0 Å². The van der Waals surface area contributed by atoms with Crippen molar-refractivity contribution < 1.29 is 8.42 Å². The predicted octanol–water partition coefficient (Wildman–Crippen LogP) is 2.83. The molecule has 116 valence electrons. The number of hydrogen-bond donors (Lipinski definition) is 1. The maximum absolute atomic E-state index is 11.8. The lowest BCUT2D eigenvalue weighted by Gasteiger charge is -2.10. The lowest BCUT2D eigenvalue weighted by molar-refractivity contribution is 0.561. The highest BCUT2D eigenvalue weighted by molar-refractivity contribution is 7.89. The molecule has 1 atom stereocenters. The van der Waals surface area contributed by atoms with E-state index in [1.165, 1.54) is 10.9 Å². The van der Waals surface area contributed by atoms with Crippen molar-refractivity contribution in [2.75, 3.05) is 18.2 Å². The normalized spacial score (nSPS) is 13.6. The fourth-order valence-electron chi connectivity index (χ4n) is 2.29. The minimum absolute atomic E-state index is 0.0300. The summed E-state index contributed by atoms with van der Waals surface area (Å²) < 4.78 is 28.4. The van der Waals surface area contributed by atoms with Gasteiger partial charge in [-0.05, 0) is 29.9 Å². The molecular formula is C15H21ClN2O2S. The molecule has 0 spiro atoms. The molecule has 1 N–H and O–H groups in total. The number of nitrogens with one attached hydrogen (secondary N) is 1. The number of nitrogens with zero attached hydrogens (tertiary/aromatic N) is 1. The molecule has 6 heteroatoms. The van der Waals surface area contributed by atoms with E-state index < -0.39 is 10.0 Å². The first-order valence-corrected chi connectivity index (χ1v) is 9.27. The van der Waals surface area contributed by atoms with E-state index in [0.29, 0.717) is 12.4 Å². The molecule has 0 saturated carbocycles. The Morgan fingerprint density at radius 2 is 2.05 bits per heavy atom. The number of para-hydroxylation sites is 1. The van der Waals surface area contributed by atoms with Crippen LogP contribution in [0.15, 0.2) is 36.5 Å². The average Bonchev–Trinajstić information content (AvgIpc) is 2.86. The molecule has 0 aliphatic rings. The third-order valence-electron chi connectivity index (χ3n) is 3.35. The highest BCUT2D eigenvalue weighted by Gasteiger charge is 2.14. The zero-order valence-electron chi connectivity index (χ0n) is 12.1. The summed E-state index contributed by atoms with van der Waals surface area (Å²) in [6.07, 6.45) is 2.79. The van der Waals surface area contributed by atoms with Gasteiger partial charge in [0.15, 0.2) is 0 Å². The summed E-state index contributed by atoms with van der Waals surface area (Å²) in [5.74, 6) is 0.414. The summed E-state index contributed by atoms with van der Waals surface area (Å²) in [4.78, 5) is 0. The Kier molecular flexibility index (Phi) is 5.67. The fraction of sp³-hybridized carbons (Fsp3) is 0.467. The number of sulfonamides is 1. The fourth-order valence-corrected chi connectivity index (χ4v) is 3.97. The van der Waals surface area contributed by atoms with E-state index >= 15 is 0 Å². The van der Waals surface area contributed by atoms with E-state index in [1.54, 1.807) is 0 Å². The van der Waals surface area contributed by atoms with Crippen molar-refractivity contribution in [1.82, 2.24) is 9.29 Å². The number of aromatic nitrogens is 1. The Morgan fingerprint density at radius 1 is 1.29 bits per heavy atom. The summed E-state index contributed by atoms with van der Waals surface area (Å²) in [6.45, 7) is 3.07. The molecule has 0 aliphatic carbocycles. The molecule has 1 unspecified atom stereocenters. The van der Waals surface area contributed by atoms with Crippen LogP contribution in [0.3, 0.4) is 0 Å². The standard InChI is InChI=1S/C15H21ClN2O2S/c1-13(11-16)12-21(19,20)17-8-4-9-18-10-7-14-5-2-3-6-15(14)18/h2-3,5-7,10,13,17H,4,8-9,11-12H2,1H3. The maximum Gasteiger partial charge on any atom is 0.211 e. The highest BCUT2D eigenvalue weighted by atomic mass is 35.5. The van der Waals surface area contributed by atoms with Gasteiger partial charge in [-0.25, -0.2) is 13.1 Å². The summed E-state index contributed by atoms with van der Waals surface area (Å²) in [6, 6.07) is 10.2. The molecule has 21 heavy (non-hydrogen) atoms. The summed E-state index contributed by atoms with van der Waals surface area (Å²) >= 11 is 5.65. The van der Waals surface area contributed by atoms with Crippen LogP contribution >= 0.6 is 11.6 Å². The zero-order valence-corrected chi connectivity index (χ0v) is 13.7. The van der Waals surface area contributed by atoms with Gasteiger partial charge in [0.2, 0.25) is 10.0 Å². The molecule has 1 heterocycles. The smallest absolute Gasteiger partial charge is 0.211 e. The number of hydrogen-bond acceptors (Lipinski definition) is 2. The van der Waals surface area contributed by atoms with Crippen LogP contribution in [0.4, 0.5) is 0 Å². The second kappa shape index (κ2) is 7.29. The molecule has 2 aromatic rings. The van der Waals surface area contributed by atoms with Crippen LogP contribution in [0.1, 0.15) is 13.3 Å². The first-order valence-electron chi connectivity index (χ1n) is 7.09. The van der Waals surface area contributed by atoms with Gasteiger partial charge >= 0.3 is 0 Å². The Hall–Kier alpha value is -1.04. The van der Waals surface area contributed by atoms with Gasteiger partial charge in [0.05, 0.1) is 5.75 Å². The molecule has 0 radical (unpaired) electrons. The van der Waals surface area contributed by atoms with Crippen molar-refractivity contribution >= 4 is 32.5 Å². The first-order chi connectivity index (χ1) is 10.0. The van der Waals surface area contributed by atoms with E-state index in [0.717, 1.165) is 13.0 Å². The predicted molar refractivity (Wildman–Crippen MR) is 88.2 cm³/mol. The van der Waals surface area contributed by atoms with E-state index in [4.69, 9.17) is 11.6 Å². The Balaban J connectivity index is 1.82. The molecule has 2 rings (SSSR count). The summed E-state index contributed by atoms with van der Waals surface area (Å²) in [5, 5.41) is 1.20. The van der Waals surface area contributed by atoms with Crippen molar-refractivity contribution in [2.45, 2.75) is 19.9 Å². The first kappa shape index (κ1) is 16.3. The van der Waals surface area contributed by atoms with Gasteiger partial charge in [0.1, 0.15) is 0 Å². The molecule has 0 amide bonds. The minimum atomic E-state index is -3.22. The SMILES string of the molecule is CC(CCl)CS(=O)(=O)NCCCn1ccc2ccccc21. The van der Waals surface area contributed by atoms with Gasteiger partial charge in [-0.1, -0.05) is 25.1 Å². The number of benzene rings is 1. The van der Waals surface area contributed by atoms with Crippen molar-refractivity contribution in [3.63, 3.8) is 0 Å². The van der Waals surface area contributed by atoms with E-state index in [9.17, 15) is 8.42 Å². The summed E-state index contributed by atoms with van der Waals surface area (Å²) in [5.41, 5.74) is 1.18. The molecule has 1 aromatic heterocycles. The molecule has 0 fully saturated rings. The molecule has 0 bridgehead atoms. The number of fused-ring (bicyclic) bond motifs is 1. The van der Waals surface area contributed by atoms with E-state index in [2.05, 4.69) is 27.5 Å². The third kappa shape index (κ3) is 4.73. The van der Waals surface area contributed by atoms with Crippen LogP contribution in [0, 0.1) is 5.92 Å². The second-order valence-electron chi connectivity index (χ2n) is 5.36. The van der Waals surface area contributed by atoms with Gasteiger partial charge in [-0.2, -0.15) is 0 Å². The molecule has 0 aliphatic heterocycles. The van der Waals surface area contributed by atoms with Crippen molar-refractivity contribution in [2.24, 2.45) is 5.92 Å². The quantitative estimate of drug-likeness (QED) is 0.598. The average molecular weight is 329 g/mol. The van der Waals surface area contributed by atoms with Gasteiger partial charge < -0.3 is 4.57 Å². The number of halogens is 1. The highest BCUT2D eigenvalue weighted by Crippen LogP contribution is 2.15. The zero-order chi connectivity index (χ0) is 15.3. The Morgan fingerprint density at radius 3 is 2.81 bits per heavy atom. The van der Waals surface area contributed by atoms with Gasteiger partial charge in [0, 0.05) is 30.7 Å². The molecule has 1 aromatic carbocycles. The van der Waals surface area contributed by atoms with Crippen LogP contribution in [-0.4, -0.2) is 31.2 Å². The topological polar surface area (TPSA) is 51.1 Å². The Bertz CT molecular complexity index is 682. The van der Waals surface area contributed by atoms with Gasteiger partial charge in [0.25, 0.3) is 0 Å². The molecule has 4 nitrogen and oxygen atoms in total.